The Labute approximate surface area is 131 Å². The Morgan fingerprint density at radius 2 is 2.45 bits per heavy atom. The number of hydrogen-bond donors (Lipinski definition) is 2. The van der Waals surface area contributed by atoms with Crippen LogP contribution in [-0.4, -0.2) is 48.7 Å². The minimum absolute atomic E-state index is 0.175. The molecule has 1 fully saturated rings. The molecule has 0 radical (unpaired) electrons. The number of carbonyl (C=O) groups excluding carboxylic acids is 1. The fourth-order valence-corrected chi connectivity index (χ4v) is 3.04. The molecule has 120 valence electrons. The zero-order valence-electron chi connectivity index (χ0n) is 13.1. The normalized spacial score (nSPS) is 21.4. The number of hydrogen-bond acceptors (Lipinski definition) is 4. The zero-order valence-corrected chi connectivity index (χ0v) is 13.1. The van der Waals surface area contributed by atoms with Crippen molar-refractivity contribution in [1.82, 2.24) is 15.2 Å². The number of fused-ring (bicyclic) bond motifs is 1. The summed E-state index contributed by atoms with van der Waals surface area (Å²) in [5.41, 5.74) is 2.85. The standard InChI is InChI=1S/C16H24N4O2/c1-12-2-5-20(10-12)6-4-17-16(21)19-14-8-13-11-22-7-3-15(13)18-9-14/h8-9,12H,2-7,10-11H2,1H3,(H2,17,19,21). The Morgan fingerprint density at radius 1 is 1.55 bits per heavy atom. The lowest BCUT2D eigenvalue weighted by Crippen LogP contribution is -2.36. The van der Waals surface area contributed by atoms with Crippen LogP contribution in [0.2, 0.25) is 0 Å². The quantitative estimate of drug-likeness (QED) is 0.887. The van der Waals surface area contributed by atoms with Gasteiger partial charge >= 0.3 is 6.03 Å². The maximum atomic E-state index is 11.9. The number of ether oxygens (including phenoxy) is 1. The lowest BCUT2D eigenvalue weighted by molar-refractivity contribution is 0.109. The highest BCUT2D eigenvalue weighted by Crippen LogP contribution is 2.18. The van der Waals surface area contributed by atoms with Crippen LogP contribution in [0.4, 0.5) is 10.5 Å². The molecule has 1 aromatic rings. The number of carbonyl (C=O) groups is 1. The van der Waals surface area contributed by atoms with E-state index in [1.807, 2.05) is 6.07 Å². The SMILES string of the molecule is CC1CCN(CCNC(=O)Nc2cnc3c(c2)COCC3)C1. The van der Waals surface area contributed by atoms with E-state index < -0.39 is 0 Å². The summed E-state index contributed by atoms with van der Waals surface area (Å²) in [5.74, 6) is 0.776. The summed E-state index contributed by atoms with van der Waals surface area (Å²) in [5, 5.41) is 5.74. The first-order valence-corrected chi connectivity index (χ1v) is 8.03. The van der Waals surface area contributed by atoms with Crippen LogP contribution in [-0.2, 0) is 17.8 Å². The Morgan fingerprint density at radius 3 is 3.27 bits per heavy atom. The number of nitrogens with one attached hydrogen (secondary N) is 2. The molecule has 1 saturated heterocycles. The Balaban J connectivity index is 1.43. The van der Waals surface area contributed by atoms with E-state index in [-0.39, 0.29) is 6.03 Å². The number of amides is 2. The van der Waals surface area contributed by atoms with Gasteiger partial charge in [-0.1, -0.05) is 6.92 Å². The molecule has 6 heteroatoms. The minimum atomic E-state index is -0.175. The number of rotatable bonds is 4. The van der Waals surface area contributed by atoms with Gasteiger partial charge in [-0.25, -0.2) is 4.79 Å². The second-order valence-electron chi connectivity index (χ2n) is 6.21. The topological polar surface area (TPSA) is 66.5 Å². The van der Waals surface area contributed by atoms with Gasteiger partial charge in [0.25, 0.3) is 0 Å². The predicted octanol–water partition coefficient (Wildman–Crippen LogP) is 1.62. The average Bonchev–Trinajstić information content (AvgIpc) is 2.92. The van der Waals surface area contributed by atoms with Crippen molar-refractivity contribution in [2.45, 2.75) is 26.4 Å². The summed E-state index contributed by atoms with van der Waals surface area (Å²) < 4.78 is 5.41. The molecule has 1 unspecified atom stereocenters. The minimum Gasteiger partial charge on any atom is -0.376 e. The van der Waals surface area contributed by atoms with Gasteiger partial charge in [0.2, 0.25) is 0 Å². The summed E-state index contributed by atoms with van der Waals surface area (Å²) in [7, 11) is 0. The number of anilines is 1. The number of nitrogens with zero attached hydrogens (tertiary/aromatic N) is 2. The van der Waals surface area contributed by atoms with Gasteiger partial charge in [0, 0.05) is 37.3 Å². The second-order valence-corrected chi connectivity index (χ2v) is 6.21. The van der Waals surface area contributed by atoms with Crippen LogP contribution in [0.3, 0.4) is 0 Å². The molecule has 1 atom stereocenters. The highest BCUT2D eigenvalue weighted by molar-refractivity contribution is 5.89. The Bertz CT molecular complexity index is 535. The summed E-state index contributed by atoms with van der Waals surface area (Å²) >= 11 is 0. The first-order chi connectivity index (χ1) is 10.7. The van der Waals surface area contributed by atoms with Gasteiger partial charge in [-0.3, -0.25) is 4.98 Å². The molecule has 2 amide bonds. The van der Waals surface area contributed by atoms with Crippen LogP contribution in [0.1, 0.15) is 24.6 Å². The molecule has 22 heavy (non-hydrogen) atoms. The lowest BCUT2D eigenvalue weighted by atomic mass is 10.1. The Kier molecular flexibility index (Phi) is 4.90. The molecule has 3 rings (SSSR count). The van der Waals surface area contributed by atoms with Crippen LogP contribution in [0.25, 0.3) is 0 Å². The summed E-state index contributed by atoms with van der Waals surface area (Å²) in [4.78, 5) is 18.7. The van der Waals surface area contributed by atoms with Crippen molar-refractivity contribution in [3.8, 4) is 0 Å². The van der Waals surface area contributed by atoms with Gasteiger partial charge in [0.05, 0.1) is 25.1 Å². The van der Waals surface area contributed by atoms with Crippen molar-refractivity contribution in [3.05, 3.63) is 23.5 Å². The molecule has 0 saturated carbocycles. The molecule has 0 spiro atoms. The molecule has 2 aliphatic heterocycles. The van der Waals surface area contributed by atoms with Crippen LogP contribution in [0, 0.1) is 5.92 Å². The predicted molar refractivity (Wildman–Crippen MR) is 84.8 cm³/mol. The molecule has 0 bridgehead atoms. The molecule has 6 nitrogen and oxygen atoms in total. The zero-order chi connectivity index (χ0) is 15.4. The first-order valence-electron chi connectivity index (χ1n) is 8.03. The third kappa shape index (κ3) is 3.96. The van der Waals surface area contributed by atoms with Crippen molar-refractivity contribution in [2.75, 3.05) is 38.1 Å². The van der Waals surface area contributed by atoms with Gasteiger partial charge in [0.15, 0.2) is 0 Å². The lowest BCUT2D eigenvalue weighted by Gasteiger charge is -2.17. The maximum Gasteiger partial charge on any atom is 0.319 e. The van der Waals surface area contributed by atoms with E-state index in [1.54, 1.807) is 6.20 Å². The van der Waals surface area contributed by atoms with E-state index in [9.17, 15) is 4.79 Å². The molecule has 2 aliphatic rings. The van der Waals surface area contributed by atoms with E-state index in [1.165, 1.54) is 6.42 Å². The smallest absolute Gasteiger partial charge is 0.319 e. The third-order valence-electron chi connectivity index (χ3n) is 4.28. The highest BCUT2D eigenvalue weighted by atomic mass is 16.5. The molecule has 2 N–H and O–H groups in total. The summed E-state index contributed by atoms with van der Waals surface area (Å²) in [6, 6.07) is 1.77. The van der Waals surface area contributed by atoms with Crippen molar-refractivity contribution in [2.24, 2.45) is 5.92 Å². The average molecular weight is 304 g/mol. The van der Waals surface area contributed by atoms with Crippen LogP contribution >= 0.6 is 0 Å². The third-order valence-corrected chi connectivity index (χ3v) is 4.28. The van der Waals surface area contributed by atoms with E-state index in [0.29, 0.717) is 13.2 Å². The fraction of sp³-hybridized carbons (Fsp3) is 0.625. The van der Waals surface area contributed by atoms with Gasteiger partial charge in [-0.05, 0) is 24.9 Å². The van der Waals surface area contributed by atoms with Crippen LogP contribution in [0.15, 0.2) is 12.3 Å². The van der Waals surface area contributed by atoms with Crippen LogP contribution < -0.4 is 10.6 Å². The molecular formula is C16H24N4O2. The van der Waals surface area contributed by atoms with Gasteiger partial charge < -0.3 is 20.3 Å². The van der Waals surface area contributed by atoms with E-state index in [2.05, 4.69) is 27.4 Å². The second kappa shape index (κ2) is 7.07. The molecule has 1 aromatic heterocycles. The van der Waals surface area contributed by atoms with Crippen molar-refractivity contribution in [3.63, 3.8) is 0 Å². The number of likely N-dealkylation sites (tertiary alicyclic amines) is 1. The largest absolute Gasteiger partial charge is 0.376 e. The maximum absolute atomic E-state index is 11.9. The molecule has 3 heterocycles. The van der Waals surface area contributed by atoms with Gasteiger partial charge in [-0.15, -0.1) is 0 Å². The monoisotopic (exact) mass is 304 g/mol. The number of aromatic nitrogens is 1. The number of urea groups is 1. The molecule has 0 aromatic carbocycles. The van der Waals surface area contributed by atoms with E-state index in [0.717, 1.165) is 55.5 Å². The van der Waals surface area contributed by atoms with Crippen molar-refractivity contribution in [1.29, 1.82) is 0 Å². The number of pyridine rings is 1. The van der Waals surface area contributed by atoms with Gasteiger partial charge in [0.1, 0.15) is 0 Å². The van der Waals surface area contributed by atoms with E-state index >= 15 is 0 Å². The van der Waals surface area contributed by atoms with Crippen molar-refractivity contribution < 1.29 is 9.53 Å². The van der Waals surface area contributed by atoms with E-state index in [4.69, 9.17) is 4.74 Å². The highest BCUT2D eigenvalue weighted by Gasteiger charge is 2.18. The van der Waals surface area contributed by atoms with Crippen LogP contribution in [0.5, 0.6) is 0 Å². The fourth-order valence-electron chi connectivity index (χ4n) is 3.04. The Hall–Kier alpha value is -1.66. The summed E-state index contributed by atoms with van der Waals surface area (Å²) in [6.45, 7) is 7.42. The van der Waals surface area contributed by atoms with Gasteiger partial charge in [-0.2, -0.15) is 0 Å². The first kappa shape index (κ1) is 15.2. The molecular weight excluding hydrogens is 280 g/mol. The van der Waals surface area contributed by atoms with Crippen molar-refractivity contribution >= 4 is 11.7 Å². The summed E-state index contributed by atoms with van der Waals surface area (Å²) in [6.07, 6.45) is 3.82. The molecule has 0 aliphatic carbocycles.